The molecule has 11 heteroatoms. The van der Waals surface area contributed by atoms with E-state index in [4.69, 9.17) is 19.7 Å². The monoisotopic (exact) mass is 450 g/mol. The summed E-state index contributed by atoms with van der Waals surface area (Å²) in [6.07, 6.45) is -1.71. The number of hydrogen-bond donors (Lipinski definition) is 3. The number of aromatic carboxylic acids is 2. The predicted octanol–water partition coefficient (Wildman–Crippen LogP) is 2.64. The fourth-order valence-electron chi connectivity index (χ4n) is 2.39. The standard InChI is InChI=1S/C20H19O10P/c21-17(29-15-5-1-3-13(11-15)19(23)24)7-9-31(27,28)10-8-18(22)30-16-6-2-4-14(12-16)20(25)26/h1-6,11-12H,7-10H2,(H,23,24)(H,25,26)(H,27,28). The largest absolute Gasteiger partial charge is 0.478 e. The first-order chi connectivity index (χ1) is 14.6. The second kappa shape index (κ2) is 10.5. The minimum atomic E-state index is -3.85. The Hall–Kier alpha value is -3.49. The summed E-state index contributed by atoms with van der Waals surface area (Å²) in [5, 5.41) is 17.8. The molecule has 0 atom stereocenters. The van der Waals surface area contributed by atoms with Gasteiger partial charge >= 0.3 is 23.9 Å². The third kappa shape index (κ3) is 8.04. The van der Waals surface area contributed by atoms with E-state index in [1.54, 1.807) is 0 Å². The van der Waals surface area contributed by atoms with Crippen LogP contribution < -0.4 is 9.47 Å². The molecule has 0 aliphatic carbocycles. The molecular weight excluding hydrogens is 431 g/mol. The molecule has 0 saturated heterocycles. The van der Waals surface area contributed by atoms with E-state index in [9.17, 15) is 28.6 Å². The summed E-state index contributed by atoms with van der Waals surface area (Å²) in [4.78, 5) is 55.5. The highest BCUT2D eigenvalue weighted by Gasteiger charge is 2.23. The molecule has 2 rings (SSSR count). The molecule has 0 unspecified atom stereocenters. The highest BCUT2D eigenvalue weighted by molar-refractivity contribution is 7.58. The molecule has 0 saturated carbocycles. The van der Waals surface area contributed by atoms with Crippen molar-refractivity contribution in [1.29, 1.82) is 0 Å². The fraction of sp³-hybridized carbons (Fsp3) is 0.200. The molecule has 0 amide bonds. The van der Waals surface area contributed by atoms with Gasteiger partial charge in [-0.2, -0.15) is 0 Å². The summed E-state index contributed by atoms with van der Waals surface area (Å²) in [5.74, 6) is -4.07. The van der Waals surface area contributed by atoms with Crippen LogP contribution in [0.5, 0.6) is 11.5 Å². The maximum atomic E-state index is 12.2. The maximum absolute atomic E-state index is 12.2. The first kappa shape index (κ1) is 23.8. The quantitative estimate of drug-likeness (QED) is 0.278. The van der Waals surface area contributed by atoms with Crippen LogP contribution in [0.1, 0.15) is 33.6 Å². The summed E-state index contributed by atoms with van der Waals surface area (Å²) in [7, 11) is -3.85. The molecule has 3 N–H and O–H groups in total. The number of esters is 2. The van der Waals surface area contributed by atoms with Gasteiger partial charge in [-0.3, -0.25) is 14.2 Å². The van der Waals surface area contributed by atoms with Gasteiger partial charge in [0, 0.05) is 12.3 Å². The van der Waals surface area contributed by atoms with E-state index < -0.39 is 56.4 Å². The molecule has 0 heterocycles. The maximum Gasteiger partial charge on any atom is 0.335 e. The number of ether oxygens (including phenoxy) is 2. The molecule has 0 radical (unpaired) electrons. The van der Waals surface area contributed by atoms with E-state index in [2.05, 4.69) is 0 Å². The molecule has 2 aromatic carbocycles. The summed E-state index contributed by atoms with van der Waals surface area (Å²) < 4.78 is 22.1. The van der Waals surface area contributed by atoms with Crippen LogP contribution in [-0.4, -0.2) is 51.3 Å². The van der Waals surface area contributed by atoms with Crippen molar-refractivity contribution >= 4 is 31.2 Å². The molecule has 0 fully saturated rings. The van der Waals surface area contributed by atoms with Crippen LogP contribution in [0.4, 0.5) is 0 Å². The minimum Gasteiger partial charge on any atom is -0.478 e. The van der Waals surface area contributed by atoms with E-state index in [0.29, 0.717) is 0 Å². The number of carboxylic acid groups (broad SMARTS) is 2. The van der Waals surface area contributed by atoms with E-state index in [1.165, 1.54) is 36.4 Å². The molecular formula is C20H19O10P. The second-order valence-electron chi connectivity index (χ2n) is 6.41. The van der Waals surface area contributed by atoms with E-state index in [-0.39, 0.29) is 22.6 Å². The Balaban J connectivity index is 1.81. The van der Waals surface area contributed by atoms with Gasteiger partial charge in [-0.15, -0.1) is 0 Å². The lowest BCUT2D eigenvalue weighted by atomic mass is 10.2. The van der Waals surface area contributed by atoms with Gasteiger partial charge in [0.1, 0.15) is 11.5 Å². The summed E-state index contributed by atoms with van der Waals surface area (Å²) in [5.41, 5.74) is -0.156. The smallest absolute Gasteiger partial charge is 0.335 e. The van der Waals surface area contributed by atoms with Crippen molar-refractivity contribution in [2.45, 2.75) is 12.8 Å². The van der Waals surface area contributed by atoms with Crippen LogP contribution in [0.25, 0.3) is 0 Å². The van der Waals surface area contributed by atoms with Crippen LogP contribution in [0.2, 0.25) is 0 Å². The Kier molecular flexibility index (Phi) is 8.07. The average molecular weight is 450 g/mol. The predicted molar refractivity (Wildman–Crippen MR) is 107 cm³/mol. The lowest BCUT2D eigenvalue weighted by Gasteiger charge is -2.11. The highest BCUT2D eigenvalue weighted by Crippen LogP contribution is 2.41. The molecule has 31 heavy (non-hydrogen) atoms. The van der Waals surface area contributed by atoms with Crippen molar-refractivity contribution in [1.82, 2.24) is 0 Å². The Bertz CT molecular complexity index is 966. The zero-order chi connectivity index (χ0) is 23.0. The van der Waals surface area contributed by atoms with Crippen molar-refractivity contribution in [3.05, 3.63) is 59.7 Å². The number of rotatable bonds is 10. The minimum absolute atomic E-state index is 0.00941. The third-order valence-corrected chi connectivity index (χ3v) is 5.80. The molecule has 10 nitrogen and oxygen atoms in total. The van der Waals surface area contributed by atoms with Crippen LogP contribution in [0.15, 0.2) is 48.5 Å². The topological polar surface area (TPSA) is 164 Å². The van der Waals surface area contributed by atoms with Crippen LogP contribution in [-0.2, 0) is 14.2 Å². The van der Waals surface area contributed by atoms with Gasteiger partial charge in [0.05, 0.1) is 24.0 Å². The number of benzene rings is 2. The Labute approximate surface area is 176 Å². The van der Waals surface area contributed by atoms with Gasteiger partial charge in [0.15, 0.2) is 0 Å². The first-order valence-corrected chi connectivity index (χ1v) is 11.0. The average Bonchev–Trinajstić information content (AvgIpc) is 2.71. The van der Waals surface area contributed by atoms with E-state index in [1.807, 2.05) is 0 Å². The van der Waals surface area contributed by atoms with Gasteiger partial charge in [0.2, 0.25) is 7.37 Å². The molecule has 0 spiro atoms. The molecule has 0 aliphatic heterocycles. The van der Waals surface area contributed by atoms with Gasteiger partial charge in [-0.25, -0.2) is 9.59 Å². The van der Waals surface area contributed by atoms with Gasteiger partial charge in [-0.05, 0) is 36.4 Å². The molecule has 0 bridgehead atoms. The third-order valence-electron chi connectivity index (χ3n) is 3.96. The van der Waals surface area contributed by atoms with Crippen molar-refractivity contribution in [3.8, 4) is 11.5 Å². The lowest BCUT2D eigenvalue weighted by molar-refractivity contribution is -0.134. The van der Waals surface area contributed by atoms with Crippen LogP contribution in [0.3, 0.4) is 0 Å². The van der Waals surface area contributed by atoms with Gasteiger partial charge in [-0.1, -0.05) is 12.1 Å². The van der Waals surface area contributed by atoms with Crippen molar-refractivity contribution in [2.24, 2.45) is 0 Å². The van der Waals surface area contributed by atoms with E-state index in [0.717, 1.165) is 12.1 Å². The molecule has 164 valence electrons. The first-order valence-electron chi connectivity index (χ1n) is 8.95. The fourth-order valence-corrected chi connectivity index (χ4v) is 3.68. The normalized spacial score (nSPS) is 10.9. The number of carbonyl (C=O) groups excluding carboxylic acids is 2. The van der Waals surface area contributed by atoms with Gasteiger partial charge < -0.3 is 24.6 Å². The van der Waals surface area contributed by atoms with Crippen molar-refractivity contribution < 1.29 is 48.3 Å². The van der Waals surface area contributed by atoms with Gasteiger partial charge in [0.25, 0.3) is 0 Å². The Morgan fingerprint density at radius 2 is 1.13 bits per heavy atom. The highest BCUT2D eigenvalue weighted by atomic mass is 31.2. The number of carboxylic acids is 2. The molecule has 0 aliphatic rings. The summed E-state index contributed by atoms with van der Waals surface area (Å²) in [6, 6.07) is 10.5. The zero-order valence-electron chi connectivity index (χ0n) is 16.1. The summed E-state index contributed by atoms with van der Waals surface area (Å²) in [6.45, 7) is 0. The van der Waals surface area contributed by atoms with Crippen molar-refractivity contribution in [2.75, 3.05) is 12.3 Å². The number of carbonyl (C=O) groups is 4. The number of hydrogen-bond acceptors (Lipinski definition) is 7. The Morgan fingerprint density at radius 1 is 0.742 bits per heavy atom. The lowest BCUT2D eigenvalue weighted by Crippen LogP contribution is -2.14. The SMILES string of the molecule is O=C(CCP(=O)(O)CCC(=O)Oc1cccc(C(=O)O)c1)Oc1cccc(C(=O)O)c1. The summed E-state index contributed by atoms with van der Waals surface area (Å²) >= 11 is 0. The second-order valence-corrected chi connectivity index (χ2v) is 8.99. The van der Waals surface area contributed by atoms with E-state index >= 15 is 0 Å². The van der Waals surface area contributed by atoms with Crippen molar-refractivity contribution in [3.63, 3.8) is 0 Å². The Morgan fingerprint density at radius 3 is 1.48 bits per heavy atom. The molecule has 2 aromatic rings. The van der Waals surface area contributed by atoms with Crippen LogP contribution >= 0.6 is 7.37 Å². The molecule has 0 aromatic heterocycles. The zero-order valence-corrected chi connectivity index (χ0v) is 17.0. The van der Waals surface area contributed by atoms with Crippen LogP contribution in [0, 0.1) is 0 Å².